The molecule has 136 valence electrons. The van der Waals surface area contributed by atoms with Crippen molar-refractivity contribution >= 4 is 40.4 Å². The first-order valence-electron chi connectivity index (χ1n) is 8.25. The third kappa shape index (κ3) is 3.53. The van der Waals surface area contributed by atoms with E-state index in [9.17, 15) is 14.7 Å². The van der Waals surface area contributed by atoms with Crippen molar-refractivity contribution in [3.8, 4) is 0 Å². The van der Waals surface area contributed by atoms with Crippen LogP contribution in [0.5, 0.6) is 0 Å². The van der Waals surface area contributed by atoms with Crippen molar-refractivity contribution in [3.63, 3.8) is 0 Å². The molecule has 1 aromatic heterocycles. The van der Waals surface area contributed by atoms with Gasteiger partial charge in [-0.3, -0.25) is 9.59 Å². The number of hydrogen-bond donors (Lipinski definition) is 1. The fourth-order valence-corrected chi connectivity index (χ4v) is 3.92. The average molecular weight is 391 g/mol. The second-order valence-electron chi connectivity index (χ2n) is 6.45. The zero-order valence-corrected chi connectivity index (χ0v) is 16.1. The number of benzene rings is 1. The molecule has 0 bridgehead atoms. The summed E-state index contributed by atoms with van der Waals surface area (Å²) >= 11 is 7.32. The molecule has 0 spiro atoms. The minimum atomic E-state index is -0.711. The second-order valence-corrected chi connectivity index (χ2v) is 7.87. The van der Waals surface area contributed by atoms with Gasteiger partial charge in [0, 0.05) is 15.5 Å². The van der Waals surface area contributed by atoms with Crippen molar-refractivity contribution in [1.82, 2.24) is 4.90 Å². The minimum Gasteiger partial charge on any atom is -0.872 e. The van der Waals surface area contributed by atoms with Crippen LogP contribution in [0.25, 0.3) is 5.76 Å². The van der Waals surface area contributed by atoms with Gasteiger partial charge in [-0.2, -0.15) is 0 Å². The smallest absolute Gasteiger partial charge is 0.295 e. The van der Waals surface area contributed by atoms with Crippen LogP contribution in [0.1, 0.15) is 16.5 Å². The van der Waals surface area contributed by atoms with Gasteiger partial charge in [-0.1, -0.05) is 35.6 Å². The van der Waals surface area contributed by atoms with Gasteiger partial charge in [-0.25, -0.2) is 0 Å². The van der Waals surface area contributed by atoms with Crippen molar-refractivity contribution in [2.75, 3.05) is 27.2 Å². The van der Waals surface area contributed by atoms with Gasteiger partial charge in [0.1, 0.15) is 0 Å². The maximum absolute atomic E-state index is 13.0. The van der Waals surface area contributed by atoms with E-state index in [0.29, 0.717) is 23.7 Å². The van der Waals surface area contributed by atoms with E-state index in [1.54, 1.807) is 24.3 Å². The summed E-state index contributed by atoms with van der Waals surface area (Å²) in [6.45, 7) is 1.09. The molecule has 26 heavy (non-hydrogen) atoms. The molecular formula is C19H19ClN2O3S. The molecule has 2 aromatic rings. The molecule has 1 atom stereocenters. The van der Waals surface area contributed by atoms with Crippen molar-refractivity contribution < 1.29 is 19.6 Å². The quantitative estimate of drug-likeness (QED) is 0.466. The molecular weight excluding hydrogens is 372 g/mol. The van der Waals surface area contributed by atoms with Crippen molar-refractivity contribution in [1.29, 1.82) is 0 Å². The molecule has 3 rings (SSSR count). The van der Waals surface area contributed by atoms with Gasteiger partial charge in [0.05, 0.1) is 33.2 Å². The Morgan fingerprint density at radius 1 is 1.23 bits per heavy atom. The highest BCUT2D eigenvalue weighted by atomic mass is 35.5. The number of nitrogens with one attached hydrogen (secondary N) is 1. The minimum absolute atomic E-state index is 0.0218. The van der Waals surface area contributed by atoms with E-state index in [1.165, 1.54) is 16.2 Å². The Morgan fingerprint density at radius 2 is 1.92 bits per heavy atom. The van der Waals surface area contributed by atoms with Gasteiger partial charge in [0.2, 0.25) is 5.78 Å². The molecule has 1 amide bonds. The molecule has 7 heteroatoms. The summed E-state index contributed by atoms with van der Waals surface area (Å²) in [7, 11) is 3.96. The average Bonchev–Trinajstić information content (AvgIpc) is 3.21. The fourth-order valence-electron chi connectivity index (χ4n) is 2.94. The summed E-state index contributed by atoms with van der Waals surface area (Å²) in [5.74, 6) is -1.74. The number of hydrogen-bond acceptors (Lipinski definition) is 4. The molecule has 1 aromatic carbocycles. The number of halogens is 1. The summed E-state index contributed by atoms with van der Waals surface area (Å²) in [4.78, 5) is 28.8. The van der Waals surface area contributed by atoms with E-state index in [0.717, 1.165) is 9.78 Å². The molecule has 1 fully saturated rings. The third-order valence-corrected chi connectivity index (χ3v) is 5.48. The van der Waals surface area contributed by atoms with Crippen LogP contribution in [-0.4, -0.2) is 43.8 Å². The number of nitrogens with zero attached hydrogens (tertiary/aromatic N) is 1. The van der Waals surface area contributed by atoms with E-state index >= 15 is 0 Å². The highest BCUT2D eigenvalue weighted by Crippen LogP contribution is 2.40. The van der Waals surface area contributed by atoms with Crippen LogP contribution in [0, 0.1) is 0 Å². The van der Waals surface area contributed by atoms with Crippen molar-refractivity contribution in [2.45, 2.75) is 6.04 Å². The van der Waals surface area contributed by atoms with Crippen LogP contribution in [0.2, 0.25) is 5.02 Å². The first-order chi connectivity index (χ1) is 12.4. The number of thiophene rings is 1. The number of likely N-dealkylation sites (tertiary alicyclic amines) is 1. The number of rotatable bonds is 5. The number of ketones is 1. The molecule has 1 aliphatic rings. The number of carbonyl (C=O) groups excluding carboxylic acids is 2. The molecule has 1 unspecified atom stereocenters. The molecule has 0 aliphatic carbocycles. The van der Waals surface area contributed by atoms with E-state index in [4.69, 9.17) is 11.6 Å². The highest BCUT2D eigenvalue weighted by molar-refractivity contribution is 7.10. The maximum Gasteiger partial charge on any atom is 0.295 e. The lowest BCUT2D eigenvalue weighted by Crippen LogP contribution is -3.06. The SMILES string of the molecule is C[NH+](C)CCN1C(=O)C(=O)/C(=C(/[O-])c2ccc(Cl)cc2)C1c1cccs1. The van der Waals surface area contributed by atoms with E-state index in [2.05, 4.69) is 0 Å². The van der Waals surface area contributed by atoms with Crippen LogP contribution in [-0.2, 0) is 9.59 Å². The van der Waals surface area contributed by atoms with Gasteiger partial charge < -0.3 is 14.9 Å². The number of quaternary nitrogens is 1. The fraction of sp³-hybridized carbons (Fsp3) is 0.263. The van der Waals surface area contributed by atoms with Gasteiger partial charge in [-0.15, -0.1) is 11.3 Å². The largest absolute Gasteiger partial charge is 0.872 e. The predicted molar refractivity (Wildman–Crippen MR) is 99.8 cm³/mol. The van der Waals surface area contributed by atoms with Crippen LogP contribution in [0.4, 0.5) is 0 Å². The summed E-state index contributed by atoms with van der Waals surface area (Å²) < 4.78 is 0. The molecule has 5 nitrogen and oxygen atoms in total. The zero-order chi connectivity index (χ0) is 18.8. The first-order valence-corrected chi connectivity index (χ1v) is 9.50. The number of carbonyl (C=O) groups is 2. The van der Waals surface area contributed by atoms with E-state index < -0.39 is 23.5 Å². The van der Waals surface area contributed by atoms with E-state index in [-0.39, 0.29) is 5.57 Å². The first kappa shape index (κ1) is 18.6. The Kier molecular flexibility index (Phi) is 5.46. The van der Waals surface area contributed by atoms with Crippen LogP contribution in [0.15, 0.2) is 47.4 Å². The zero-order valence-electron chi connectivity index (χ0n) is 14.5. The maximum atomic E-state index is 13.0. The third-order valence-electron chi connectivity index (χ3n) is 4.30. The summed E-state index contributed by atoms with van der Waals surface area (Å²) in [6, 6.07) is 9.44. The molecule has 0 radical (unpaired) electrons. The lowest BCUT2D eigenvalue weighted by atomic mass is 10.00. The van der Waals surface area contributed by atoms with Gasteiger partial charge in [0.25, 0.3) is 5.91 Å². The Bertz CT molecular complexity index is 844. The predicted octanol–water partition coefficient (Wildman–Crippen LogP) is 0.770. The topological polar surface area (TPSA) is 64.9 Å². The summed E-state index contributed by atoms with van der Waals surface area (Å²) in [5.41, 5.74) is 0.376. The standard InChI is InChI=1S/C19H19ClN2O3S/c1-21(2)9-10-22-16(14-4-3-11-26-14)15(18(24)19(22)25)17(23)12-5-7-13(20)8-6-12/h3-8,11,16,23H,9-10H2,1-2H3/b17-15+. The Morgan fingerprint density at radius 3 is 2.50 bits per heavy atom. The Hall–Kier alpha value is -2.15. The van der Waals surface area contributed by atoms with Crippen molar-refractivity contribution in [2.24, 2.45) is 0 Å². The lowest BCUT2D eigenvalue weighted by Gasteiger charge is -2.26. The van der Waals surface area contributed by atoms with Crippen LogP contribution >= 0.6 is 22.9 Å². The molecule has 2 heterocycles. The van der Waals surface area contributed by atoms with Gasteiger partial charge >= 0.3 is 0 Å². The van der Waals surface area contributed by atoms with Crippen LogP contribution < -0.4 is 10.0 Å². The van der Waals surface area contributed by atoms with E-state index in [1.807, 2.05) is 31.6 Å². The molecule has 1 aliphatic heterocycles. The van der Waals surface area contributed by atoms with Crippen LogP contribution in [0.3, 0.4) is 0 Å². The van der Waals surface area contributed by atoms with Gasteiger partial charge in [0.15, 0.2) is 0 Å². The number of amides is 1. The Labute approximate surface area is 161 Å². The van der Waals surface area contributed by atoms with Crippen molar-refractivity contribution in [3.05, 3.63) is 62.8 Å². The number of likely N-dealkylation sites (N-methyl/N-ethyl adjacent to an activating group) is 1. The summed E-state index contributed by atoms with van der Waals surface area (Å²) in [6.07, 6.45) is 0. The second kappa shape index (κ2) is 7.61. The lowest BCUT2D eigenvalue weighted by molar-refractivity contribution is -0.857. The Balaban J connectivity index is 2.09. The number of Topliss-reactive ketones (excluding diaryl/α,β-unsaturated/α-hetero) is 1. The summed E-state index contributed by atoms with van der Waals surface area (Å²) in [5, 5.41) is 15.4. The monoisotopic (exact) mass is 390 g/mol. The normalized spacial score (nSPS) is 19.5. The van der Waals surface area contributed by atoms with Gasteiger partial charge in [-0.05, 0) is 29.1 Å². The molecule has 1 N–H and O–H groups in total. The molecule has 0 saturated carbocycles. The molecule has 1 saturated heterocycles. The highest BCUT2D eigenvalue weighted by Gasteiger charge is 2.44.